The van der Waals surface area contributed by atoms with Crippen LogP contribution in [0.5, 0.6) is 0 Å². The molecule has 1 unspecified atom stereocenters. The van der Waals surface area contributed by atoms with E-state index in [1.54, 1.807) is 36.4 Å². The number of anilines is 1. The molecule has 43 heavy (non-hydrogen) atoms. The van der Waals surface area contributed by atoms with Crippen LogP contribution in [0.4, 0.5) is 23.2 Å². The Kier molecular flexibility index (Phi) is 11.2. The highest BCUT2D eigenvalue weighted by molar-refractivity contribution is 7.92. The van der Waals surface area contributed by atoms with E-state index in [2.05, 4.69) is 5.32 Å². The van der Waals surface area contributed by atoms with Gasteiger partial charge in [-0.05, 0) is 35.7 Å². The van der Waals surface area contributed by atoms with Crippen molar-refractivity contribution in [3.05, 3.63) is 100 Å². The van der Waals surface area contributed by atoms with Crippen molar-refractivity contribution in [2.75, 3.05) is 23.7 Å². The second kappa shape index (κ2) is 14.2. The number of sulfonamides is 1. The highest BCUT2D eigenvalue weighted by Crippen LogP contribution is 2.37. The second-order valence-corrected chi connectivity index (χ2v) is 12.7. The minimum atomic E-state index is -4.90. The van der Waals surface area contributed by atoms with Crippen LogP contribution in [0.3, 0.4) is 0 Å². The molecule has 1 N–H and O–H groups in total. The van der Waals surface area contributed by atoms with E-state index in [-0.39, 0.29) is 24.4 Å². The first-order valence-corrected chi connectivity index (χ1v) is 15.5. The topological polar surface area (TPSA) is 86.8 Å². The van der Waals surface area contributed by atoms with E-state index in [1.165, 1.54) is 18.2 Å². The Morgan fingerprint density at radius 3 is 2.19 bits per heavy atom. The van der Waals surface area contributed by atoms with Crippen LogP contribution < -0.4 is 9.62 Å². The number of halogens is 5. The summed E-state index contributed by atoms with van der Waals surface area (Å²) in [7, 11) is -4.33. The average molecular weight is 642 g/mol. The zero-order valence-electron chi connectivity index (χ0n) is 23.7. The number of amides is 2. The summed E-state index contributed by atoms with van der Waals surface area (Å²) < 4.78 is 81.7. The van der Waals surface area contributed by atoms with Crippen molar-refractivity contribution in [3.63, 3.8) is 0 Å². The van der Waals surface area contributed by atoms with Crippen molar-refractivity contribution in [3.8, 4) is 0 Å². The summed E-state index contributed by atoms with van der Waals surface area (Å²) in [6.45, 7) is 2.64. The van der Waals surface area contributed by atoms with Gasteiger partial charge in [-0.15, -0.1) is 0 Å². The molecule has 1 atom stereocenters. The normalized spacial score (nSPS) is 12.6. The number of hydrogen-bond donors (Lipinski definition) is 1. The summed E-state index contributed by atoms with van der Waals surface area (Å²) in [4.78, 5) is 28.6. The van der Waals surface area contributed by atoms with Crippen LogP contribution >= 0.6 is 11.6 Å². The Bertz CT molecular complexity index is 1540. The fourth-order valence-corrected chi connectivity index (χ4v) is 5.35. The van der Waals surface area contributed by atoms with Gasteiger partial charge in [0.1, 0.15) is 18.4 Å². The van der Waals surface area contributed by atoms with Crippen molar-refractivity contribution < 1.29 is 35.6 Å². The lowest BCUT2D eigenvalue weighted by molar-refractivity contribution is -0.140. The Hall–Kier alpha value is -3.64. The fourth-order valence-electron chi connectivity index (χ4n) is 4.29. The van der Waals surface area contributed by atoms with Crippen LogP contribution in [0, 0.1) is 11.7 Å². The number of nitrogens with one attached hydrogen (secondary N) is 1. The Morgan fingerprint density at radius 1 is 0.977 bits per heavy atom. The first-order chi connectivity index (χ1) is 20.1. The molecule has 0 radical (unpaired) electrons. The molecule has 3 rings (SSSR count). The third kappa shape index (κ3) is 9.42. The highest BCUT2D eigenvalue weighted by Gasteiger charge is 2.36. The van der Waals surface area contributed by atoms with Crippen LogP contribution in [0.1, 0.15) is 30.5 Å². The van der Waals surface area contributed by atoms with Crippen molar-refractivity contribution >= 4 is 39.1 Å². The van der Waals surface area contributed by atoms with Gasteiger partial charge < -0.3 is 10.2 Å². The molecular formula is C30H32ClF4N3O4S. The summed E-state index contributed by atoms with van der Waals surface area (Å²) in [5, 5.41) is 2.13. The fraction of sp³-hybridized carbons (Fsp3) is 0.333. The molecule has 0 fully saturated rings. The molecule has 3 aromatic rings. The second-order valence-electron chi connectivity index (χ2n) is 10.4. The highest BCUT2D eigenvalue weighted by atomic mass is 35.5. The average Bonchev–Trinajstić information content (AvgIpc) is 2.93. The summed E-state index contributed by atoms with van der Waals surface area (Å²) in [5.74, 6) is -2.09. The van der Waals surface area contributed by atoms with Gasteiger partial charge in [0.15, 0.2) is 0 Å². The molecule has 0 saturated carbocycles. The molecule has 0 spiro atoms. The van der Waals surface area contributed by atoms with Crippen LogP contribution in [0.2, 0.25) is 5.02 Å². The van der Waals surface area contributed by atoms with Crippen molar-refractivity contribution in [1.29, 1.82) is 0 Å². The largest absolute Gasteiger partial charge is 0.417 e. The Balaban J connectivity index is 2.10. The molecule has 2 amide bonds. The number of alkyl halides is 3. The third-order valence-corrected chi connectivity index (χ3v) is 7.95. The van der Waals surface area contributed by atoms with Crippen LogP contribution in [-0.4, -0.2) is 50.5 Å². The van der Waals surface area contributed by atoms with Crippen molar-refractivity contribution in [1.82, 2.24) is 10.2 Å². The molecule has 0 bridgehead atoms. The van der Waals surface area contributed by atoms with Gasteiger partial charge in [0, 0.05) is 25.1 Å². The summed E-state index contributed by atoms with van der Waals surface area (Å²) in [6.07, 6.45) is -4.16. The van der Waals surface area contributed by atoms with Crippen molar-refractivity contribution in [2.45, 2.75) is 39.0 Å². The first kappa shape index (κ1) is 33.9. The number of carbonyl (C=O) groups is 2. The number of benzene rings is 3. The molecule has 0 heterocycles. The van der Waals surface area contributed by atoms with E-state index in [0.29, 0.717) is 15.9 Å². The maximum absolute atomic E-state index is 14.8. The summed E-state index contributed by atoms with van der Waals surface area (Å²) in [6, 6.07) is 15.6. The minimum absolute atomic E-state index is 0.00298. The summed E-state index contributed by atoms with van der Waals surface area (Å²) >= 11 is 5.72. The van der Waals surface area contributed by atoms with Crippen LogP contribution in [0.25, 0.3) is 0 Å². The molecule has 0 saturated heterocycles. The molecule has 232 valence electrons. The van der Waals surface area contributed by atoms with Gasteiger partial charge in [0.25, 0.3) is 0 Å². The Labute approximate surface area is 253 Å². The number of nitrogens with zero attached hydrogens (tertiary/aromatic N) is 2. The van der Waals surface area contributed by atoms with Gasteiger partial charge in [-0.1, -0.05) is 74.0 Å². The molecule has 13 heteroatoms. The van der Waals surface area contributed by atoms with E-state index in [1.807, 2.05) is 13.8 Å². The van der Waals surface area contributed by atoms with Crippen LogP contribution in [-0.2, 0) is 38.8 Å². The molecule has 0 aliphatic carbocycles. The number of carbonyl (C=O) groups excluding carboxylic acids is 2. The zero-order valence-corrected chi connectivity index (χ0v) is 25.3. The standard InChI is InChI=1S/C30H32ClF4N3O4S/c1-20(2)17-36-29(40)27(15-21-9-5-4-6-10-21)37(18-22-11-7-8-12-26(22)32)28(39)19-38(43(3,41)42)23-13-14-25(31)24(16-23)30(33,34)35/h4-14,16,20,27H,15,17-19H2,1-3H3,(H,36,40). The van der Waals surface area contributed by atoms with E-state index in [0.717, 1.165) is 23.3 Å². The predicted molar refractivity (Wildman–Crippen MR) is 157 cm³/mol. The molecular weight excluding hydrogens is 610 g/mol. The van der Waals surface area contributed by atoms with Gasteiger partial charge in [0.05, 0.1) is 22.5 Å². The zero-order chi connectivity index (χ0) is 31.9. The van der Waals surface area contributed by atoms with E-state index in [9.17, 15) is 35.6 Å². The predicted octanol–water partition coefficient (Wildman–Crippen LogP) is 5.68. The van der Waals surface area contributed by atoms with Gasteiger partial charge >= 0.3 is 6.18 Å². The lowest BCUT2D eigenvalue weighted by atomic mass is 10.0. The molecule has 7 nitrogen and oxygen atoms in total. The Morgan fingerprint density at radius 2 is 1.60 bits per heavy atom. The van der Waals surface area contributed by atoms with Crippen LogP contribution in [0.15, 0.2) is 72.8 Å². The molecule has 0 aliphatic rings. The van der Waals surface area contributed by atoms with E-state index >= 15 is 0 Å². The molecule has 0 aliphatic heterocycles. The van der Waals surface area contributed by atoms with Crippen molar-refractivity contribution in [2.24, 2.45) is 5.92 Å². The third-order valence-electron chi connectivity index (χ3n) is 6.48. The quantitative estimate of drug-likeness (QED) is 0.258. The van der Waals surface area contributed by atoms with Gasteiger partial charge in [0.2, 0.25) is 21.8 Å². The van der Waals surface area contributed by atoms with Gasteiger partial charge in [-0.3, -0.25) is 13.9 Å². The number of hydrogen-bond acceptors (Lipinski definition) is 4. The van der Waals surface area contributed by atoms with E-state index in [4.69, 9.17) is 11.6 Å². The smallest absolute Gasteiger partial charge is 0.354 e. The SMILES string of the molecule is CC(C)CNC(=O)C(Cc1ccccc1)N(Cc1ccccc1F)C(=O)CN(c1ccc(Cl)c(C(F)(F)F)c1)S(C)(=O)=O. The maximum Gasteiger partial charge on any atom is 0.417 e. The maximum atomic E-state index is 14.8. The lowest BCUT2D eigenvalue weighted by Gasteiger charge is -2.33. The number of rotatable bonds is 12. The molecule has 0 aromatic heterocycles. The van der Waals surface area contributed by atoms with Gasteiger partial charge in [-0.2, -0.15) is 13.2 Å². The first-order valence-electron chi connectivity index (χ1n) is 13.3. The van der Waals surface area contributed by atoms with E-state index < -0.39 is 69.2 Å². The molecule has 3 aromatic carbocycles. The van der Waals surface area contributed by atoms with Gasteiger partial charge in [-0.25, -0.2) is 12.8 Å². The lowest BCUT2D eigenvalue weighted by Crippen LogP contribution is -2.53. The minimum Gasteiger partial charge on any atom is -0.354 e. The monoisotopic (exact) mass is 641 g/mol. The summed E-state index contributed by atoms with van der Waals surface area (Å²) in [5.41, 5.74) is -1.01.